The van der Waals surface area contributed by atoms with Gasteiger partial charge < -0.3 is 5.11 Å². The molecular weight excluding hydrogens is 299 g/mol. The Morgan fingerprint density at radius 2 is 2.24 bits per heavy atom. The molecule has 8 heteroatoms. The highest BCUT2D eigenvalue weighted by molar-refractivity contribution is 7.89. The predicted octanol–water partition coefficient (Wildman–Crippen LogP) is 0.653. The van der Waals surface area contributed by atoms with Gasteiger partial charge in [0.25, 0.3) is 0 Å². The van der Waals surface area contributed by atoms with E-state index in [1.165, 1.54) is 18.2 Å². The second-order valence-electron chi connectivity index (χ2n) is 5.05. The highest BCUT2D eigenvalue weighted by Gasteiger charge is 2.26. The van der Waals surface area contributed by atoms with Crippen molar-refractivity contribution in [1.82, 2.24) is 9.62 Å². The third-order valence-corrected chi connectivity index (χ3v) is 4.81. The van der Waals surface area contributed by atoms with Gasteiger partial charge in [-0.05, 0) is 37.6 Å². The molecule has 0 bridgehead atoms. The van der Waals surface area contributed by atoms with E-state index in [0.717, 1.165) is 6.07 Å². The summed E-state index contributed by atoms with van der Waals surface area (Å²) in [4.78, 5) is 12.3. The lowest BCUT2D eigenvalue weighted by Gasteiger charge is -2.31. The van der Waals surface area contributed by atoms with Crippen LogP contribution >= 0.6 is 0 Å². The molecule has 6 nitrogen and oxygen atoms in total. The zero-order valence-corrected chi connectivity index (χ0v) is 12.1. The molecule has 0 amide bonds. The Bertz CT molecular complexity index is 620. The molecule has 1 saturated heterocycles. The molecule has 2 N–H and O–H groups in total. The van der Waals surface area contributed by atoms with Gasteiger partial charge in [0.15, 0.2) is 0 Å². The van der Waals surface area contributed by atoms with E-state index in [1.54, 1.807) is 4.90 Å². The van der Waals surface area contributed by atoms with Crippen molar-refractivity contribution < 1.29 is 22.7 Å². The Morgan fingerprint density at radius 3 is 2.90 bits per heavy atom. The Morgan fingerprint density at radius 1 is 1.48 bits per heavy atom. The molecule has 1 aliphatic heterocycles. The molecule has 0 aliphatic carbocycles. The normalized spacial score (nSPS) is 20.3. The molecule has 2 rings (SSSR count). The third kappa shape index (κ3) is 4.48. The number of likely N-dealkylation sites (tertiary alicyclic amines) is 1. The summed E-state index contributed by atoms with van der Waals surface area (Å²) in [5.41, 5.74) is 0. The topological polar surface area (TPSA) is 86.7 Å². The van der Waals surface area contributed by atoms with Crippen molar-refractivity contribution in [3.8, 4) is 0 Å². The van der Waals surface area contributed by atoms with Crippen LogP contribution in [0.1, 0.15) is 12.8 Å². The lowest BCUT2D eigenvalue weighted by atomic mass is 10.1. The Hall–Kier alpha value is -1.51. The number of benzene rings is 1. The Balaban J connectivity index is 2.04. The zero-order chi connectivity index (χ0) is 15.5. The van der Waals surface area contributed by atoms with E-state index in [-0.39, 0.29) is 17.5 Å². The summed E-state index contributed by atoms with van der Waals surface area (Å²) in [5.74, 6) is -1.56. The van der Waals surface area contributed by atoms with Crippen molar-refractivity contribution in [3.05, 3.63) is 30.1 Å². The van der Waals surface area contributed by atoms with Gasteiger partial charge in [-0.3, -0.25) is 9.69 Å². The summed E-state index contributed by atoms with van der Waals surface area (Å²) < 4.78 is 40.0. The van der Waals surface area contributed by atoms with Crippen LogP contribution in [0.3, 0.4) is 0 Å². The smallest absolute Gasteiger partial charge is 0.317 e. The van der Waals surface area contributed by atoms with Crippen molar-refractivity contribution in [3.63, 3.8) is 0 Å². The largest absolute Gasteiger partial charge is 0.480 e. The second kappa shape index (κ2) is 6.50. The number of carboxylic acid groups (broad SMARTS) is 1. The van der Waals surface area contributed by atoms with Crippen molar-refractivity contribution >= 4 is 16.0 Å². The van der Waals surface area contributed by atoms with E-state index < -0.39 is 21.8 Å². The number of sulfonamides is 1. The number of halogens is 1. The van der Waals surface area contributed by atoms with Crippen LogP contribution in [0.25, 0.3) is 0 Å². The lowest BCUT2D eigenvalue weighted by Crippen LogP contribution is -2.48. The molecule has 1 fully saturated rings. The number of hydrogen-bond acceptors (Lipinski definition) is 4. The van der Waals surface area contributed by atoms with Crippen LogP contribution in [0.5, 0.6) is 0 Å². The van der Waals surface area contributed by atoms with Gasteiger partial charge >= 0.3 is 5.97 Å². The van der Waals surface area contributed by atoms with Crippen LogP contribution in [0, 0.1) is 5.82 Å². The number of nitrogens with one attached hydrogen (secondary N) is 1. The van der Waals surface area contributed by atoms with Crippen LogP contribution in [0.15, 0.2) is 29.2 Å². The number of piperidine rings is 1. The number of hydrogen-bond donors (Lipinski definition) is 2. The minimum Gasteiger partial charge on any atom is -0.480 e. The maximum absolute atomic E-state index is 13.1. The zero-order valence-electron chi connectivity index (χ0n) is 11.3. The van der Waals surface area contributed by atoms with Gasteiger partial charge in [-0.15, -0.1) is 0 Å². The molecule has 1 heterocycles. The standard InChI is InChI=1S/C13H17FN2O4S/c14-10-3-1-5-12(7-10)21(19,20)15-11-4-2-6-16(8-11)9-13(17)18/h1,3,5,7,11,15H,2,4,6,8-9H2,(H,17,18)/t11-/m0/s1. The first kappa shape index (κ1) is 15.9. The Labute approximate surface area is 122 Å². The molecule has 116 valence electrons. The van der Waals surface area contributed by atoms with E-state index in [9.17, 15) is 17.6 Å². The van der Waals surface area contributed by atoms with Gasteiger partial charge in [0.2, 0.25) is 10.0 Å². The van der Waals surface area contributed by atoms with Gasteiger partial charge in [0, 0.05) is 12.6 Å². The molecule has 0 unspecified atom stereocenters. The fourth-order valence-corrected chi connectivity index (χ4v) is 3.70. The summed E-state index contributed by atoms with van der Waals surface area (Å²) in [7, 11) is -3.80. The summed E-state index contributed by atoms with van der Waals surface area (Å²) in [5, 5.41) is 8.77. The van der Waals surface area contributed by atoms with Crippen LogP contribution in [-0.4, -0.2) is 50.1 Å². The Kier molecular flexibility index (Phi) is 4.92. The van der Waals surface area contributed by atoms with E-state index in [0.29, 0.717) is 25.9 Å². The molecule has 1 aliphatic rings. The van der Waals surface area contributed by atoms with Gasteiger partial charge in [0.05, 0.1) is 11.4 Å². The third-order valence-electron chi connectivity index (χ3n) is 3.29. The van der Waals surface area contributed by atoms with E-state index in [2.05, 4.69) is 4.72 Å². The highest BCUT2D eigenvalue weighted by Crippen LogP contribution is 2.15. The molecule has 21 heavy (non-hydrogen) atoms. The molecule has 0 aromatic heterocycles. The highest BCUT2D eigenvalue weighted by atomic mass is 32.2. The summed E-state index contributed by atoms with van der Waals surface area (Å²) in [6.45, 7) is 0.851. The lowest BCUT2D eigenvalue weighted by molar-refractivity contribution is -0.138. The van der Waals surface area contributed by atoms with E-state index in [1.807, 2.05) is 0 Å². The van der Waals surface area contributed by atoms with Crippen molar-refractivity contribution in [2.24, 2.45) is 0 Å². The summed E-state index contributed by atoms with van der Waals surface area (Å²) in [6.07, 6.45) is 1.34. The van der Waals surface area contributed by atoms with Crippen LogP contribution in [0.4, 0.5) is 4.39 Å². The molecule has 0 saturated carbocycles. The van der Waals surface area contributed by atoms with Crippen LogP contribution in [-0.2, 0) is 14.8 Å². The predicted molar refractivity (Wildman–Crippen MR) is 73.8 cm³/mol. The average Bonchev–Trinajstić information content (AvgIpc) is 2.37. The van der Waals surface area contributed by atoms with E-state index >= 15 is 0 Å². The fraction of sp³-hybridized carbons (Fsp3) is 0.462. The monoisotopic (exact) mass is 316 g/mol. The summed E-state index contributed by atoms with van der Waals surface area (Å²) >= 11 is 0. The second-order valence-corrected chi connectivity index (χ2v) is 6.76. The first-order valence-corrected chi connectivity index (χ1v) is 8.07. The fourth-order valence-electron chi connectivity index (χ4n) is 2.41. The van der Waals surface area contributed by atoms with Gasteiger partial charge in [0.1, 0.15) is 5.82 Å². The number of aliphatic carboxylic acids is 1. The maximum Gasteiger partial charge on any atom is 0.317 e. The number of rotatable bonds is 5. The molecule has 0 radical (unpaired) electrons. The first-order valence-electron chi connectivity index (χ1n) is 6.59. The van der Waals surface area contributed by atoms with Gasteiger partial charge in [-0.2, -0.15) is 0 Å². The molecular formula is C13H17FN2O4S. The molecule has 1 aromatic carbocycles. The van der Waals surface area contributed by atoms with Crippen LogP contribution < -0.4 is 4.72 Å². The number of nitrogens with zero attached hydrogens (tertiary/aromatic N) is 1. The quantitative estimate of drug-likeness (QED) is 0.833. The van der Waals surface area contributed by atoms with Crippen LogP contribution in [0.2, 0.25) is 0 Å². The molecule has 1 aromatic rings. The maximum atomic E-state index is 13.1. The number of carbonyl (C=O) groups is 1. The summed E-state index contributed by atoms with van der Waals surface area (Å²) in [6, 6.07) is 4.42. The van der Waals surface area contributed by atoms with Crippen molar-refractivity contribution in [2.45, 2.75) is 23.8 Å². The minimum absolute atomic E-state index is 0.113. The van der Waals surface area contributed by atoms with E-state index in [4.69, 9.17) is 5.11 Å². The average molecular weight is 316 g/mol. The SMILES string of the molecule is O=C(O)CN1CCC[C@H](NS(=O)(=O)c2cccc(F)c2)C1. The number of carboxylic acids is 1. The first-order chi connectivity index (χ1) is 9.87. The molecule has 1 atom stereocenters. The van der Waals surface area contributed by atoms with Crippen molar-refractivity contribution in [2.75, 3.05) is 19.6 Å². The minimum atomic E-state index is -3.80. The van der Waals surface area contributed by atoms with Gasteiger partial charge in [-0.1, -0.05) is 6.07 Å². The molecule has 0 spiro atoms. The van der Waals surface area contributed by atoms with Gasteiger partial charge in [-0.25, -0.2) is 17.5 Å². The van der Waals surface area contributed by atoms with Crippen molar-refractivity contribution in [1.29, 1.82) is 0 Å².